The number of anilines is 1. The average Bonchev–Trinajstić information content (AvgIpc) is 2.48. The van der Waals surface area contributed by atoms with Crippen LogP contribution in [0.15, 0.2) is 6.07 Å². The average molecular weight is 190 g/mol. The van der Waals surface area contributed by atoms with Crippen LogP contribution < -0.4 is 5.73 Å². The summed E-state index contributed by atoms with van der Waals surface area (Å²) in [5, 5.41) is 7.94. The molecule has 2 aromatic heterocycles. The minimum atomic E-state index is 0.374. The monoisotopic (exact) mass is 190 g/mol. The Kier molecular flexibility index (Phi) is 1.91. The van der Waals surface area contributed by atoms with Gasteiger partial charge in [-0.05, 0) is 18.9 Å². The van der Waals surface area contributed by atoms with E-state index in [0.717, 1.165) is 22.5 Å². The molecule has 0 spiro atoms. The standard InChI is InChI=1S/C10H14N4/c1-5(2)8-4-7(11)9-6(3)13-14-10(9)12-8/h4-5H,1-3H3,(H3,11,12,13,14). The summed E-state index contributed by atoms with van der Waals surface area (Å²) in [7, 11) is 0. The number of hydrogen-bond donors (Lipinski definition) is 2. The number of nitrogens with two attached hydrogens (primary N) is 1. The highest BCUT2D eigenvalue weighted by atomic mass is 15.1. The maximum Gasteiger partial charge on any atom is 0.183 e. The van der Waals surface area contributed by atoms with E-state index in [-0.39, 0.29) is 0 Å². The van der Waals surface area contributed by atoms with Gasteiger partial charge < -0.3 is 5.73 Å². The van der Waals surface area contributed by atoms with Crippen molar-refractivity contribution < 1.29 is 0 Å². The molecule has 0 amide bonds. The molecule has 3 N–H and O–H groups in total. The minimum absolute atomic E-state index is 0.374. The van der Waals surface area contributed by atoms with Crippen molar-refractivity contribution in [3.05, 3.63) is 17.5 Å². The number of nitrogen functional groups attached to an aromatic ring is 1. The molecule has 0 unspecified atom stereocenters. The highest BCUT2D eigenvalue weighted by Gasteiger charge is 2.10. The number of nitrogens with zero attached hydrogens (tertiary/aromatic N) is 2. The fourth-order valence-electron chi connectivity index (χ4n) is 1.52. The molecule has 0 aliphatic carbocycles. The Morgan fingerprint density at radius 2 is 2.14 bits per heavy atom. The Morgan fingerprint density at radius 1 is 1.43 bits per heavy atom. The van der Waals surface area contributed by atoms with Crippen molar-refractivity contribution in [3.63, 3.8) is 0 Å². The molecule has 4 nitrogen and oxygen atoms in total. The van der Waals surface area contributed by atoms with Gasteiger partial charge in [-0.15, -0.1) is 0 Å². The molecular weight excluding hydrogens is 176 g/mol. The molecule has 0 saturated heterocycles. The van der Waals surface area contributed by atoms with Gasteiger partial charge in [0.05, 0.1) is 5.39 Å². The van der Waals surface area contributed by atoms with E-state index in [4.69, 9.17) is 5.73 Å². The molecular formula is C10H14N4. The van der Waals surface area contributed by atoms with Gasteiger partial charge in [0.25, 0.3) is 0 Å². The molecule has 74 valence electrons. The molecule has 14 heavy (non-hydrogen) atoms. The lowest BCUT2D eigenvalue weighted by Crippen LogP contribution is -1.96. The number of hydrogen-bond acceptors (Lipinski definition) is 3. The Morgan fingerprint density at radius 3 is 2.79 bits per heavy atom. The molecule has 0 atom stereocenters. The highest BCUT2D eigenvalue weighted by molar-refractivity contribution is 5.90. The normalized spacial score (nSPS) is 11.4. The van der Waals surface area contributed by atoms with Crippen molar-refractivity contribution >= 4 is 16.7 Å². The second-order valence-corrected chi connectivity index (χ2v) is 3.84. The highest BCUT2D eigenvalue weighted by Crippen LogP contribution is 2.24. The third kappa shape index (κ3) is 1.23. The fourth-order valence-corrected chi connectivity index (χ4v) is 1.52. The molecule has 0 bridgehead atoms. The van der Waals surface area contributed by atoms with E-state index in [1.807, 2.05) is 13.0 Å². The first-order valence-electron chi connectivity index (χ1n) is 4.70. The summed E-state index contributed by atoms with van der Waals surface area (Å²) in [4.78, 5) is 4.43. The largest absolute Gasteiger partial charge is 0.398 e. The summed E-state index contributed by atoms with van der Waals surface area (Å²) in [6.45, 7) is 6.13. The molecule has 2 aromatic rings. The molecule has 2 rings (SSSR count). The summed E-state index contributed by atoms with van der Waals surface area (Å²) in [5.74, 6) is 0.374. The molecule has 0 fully saturated rings. The molecule has 0 aromatic carbocycles. The van der Waals surface area contributed by atoms with Crippen molar-refractivity contribution in [3.8, 4) is 0 Å². The van der Waals surface area contributed by atoms with E-state index in [1.54, 1.807) is 0 Å². The first-order valence-corrected chi connectivity index (χ1v) is 4.70. The van der Waals surface area contributed by atoms with E-state index in [1.165, 1.54) is 0 Å². The Hall–Kier alpha value is -1.58. The zero-order valence-electron chi connectivity index (χ0n) is 8.63. The van der Waals surface area contributed by atoms with Gasteiger partial charge >= 0.3 is 0 Å². The summed E-state index contributed by atoms with van der Waals surface area (Å²) in [5.41, 5.74) is 9.37. The van der Waals surface area contributed by atoms with Crippen molar-refractivity contribution in [1.82, 2.24) is 15.2 Å². The lowest BCUT2D eigenvalue weighted by atomic mass is 10.1. The van der Waals surface area contributed by atoms with Crippen LogP contribution in [0, 0.1) is 6.92 Å². The number of rotatable bonds is 1. The van der Waals surface area contributed by atoms with E-state index in [2.05, 4.69) is 29.0 Å². The molecule has 0 aliphatic heterocycles. The SMILES string of the molecule is Cc1[nH]nc2nc(C(C)C)cc(N)c12. The zero-order valence-corrected chi connectivity index (χ0v) is 8.63. The van der Waals surface area contributed by atoms with Crippen molar-refractivity contribution in [2.75, 3.05) is 5.73 Å². The second-order valence-electron chi connectivity index (χ2n) is 3.84. The number of H-pyrrole nitrogens is 1. The first kappa shape index (κ1) is 8.99. The van der Waals surface area contributed by atoms with Crippen LogP contribution in [0.5, 0.6) is 0 Å². The van der Waals surface area contributed by atoms with E-state index in [9.17, 15) is 0 Å². The van der Waals surface area contributed by atoms with Crippen molar-refractivity contribution in [1.29, 1.82) is 0 Å². The lowest BCUT2D eigenvalue weighted by Gasteiger charge is -2.05. The van der Waals surface area contributed by atoms with Crippen LogP contribution in [-0.4, -0.2) is 15.2 Å². The third-order valence-electron chi connectivity index (χ3n) is 2.35. The minimum Gasteiger partial charge on any atom is -0.398 e. The Bertz CT molecular complexity index is 470. The van der Waals surface area contributed by atoms with Crippen LogP contribution in [0.2, 0.25) is 0 Å². The number of nitrogens with one attached hydrogen (secondary N) is 1. The second kappa shape index (κ2) is 2.97. The number of aryl methyl sites for hydroxylation is 1. The molecule has 4 heteroatoms. The first-order chi connectivity index (χ1) is 6.59. The molecule has 0 aliphatic rings. The maximum atomic E-state index is 5.94. The third-order valence-corrected chi connectivity index (χ3v) is 2.35. The van der Waals surface area contributed by atoms with Gasteiger partial charge in [0.15, 0.2) is 5.65 Å². The number of fused-ring (bicyclic) bond motifs is 1. The molecule has 0 radical (unpaired) electrons. The van der Waals surface area contributed by atoms with Gasteiger partial charge in [-0.3, -0.25) is 5.10 Å². The van der Waals surface area contributed by atoms with Crippen LogP contribution in [-0.2, 0) is 0 Å². The fraction of sp³-hybridized carbons (Fsp3) is 0.400. The van der Waals surface area contributed by atoms with Gasteiger partial charge in [0, 0.05) is 17.1 Å². The topological polar surface area (TPSA) is 67.6 Å². The van der Waals surface area contributed by atoms with Gasteiger partial charge in [0.1, 0.15) is 0 Å². The molecule has 0 saturated carbocycles. The predicted octanol–water partition coefficient (Wildman–Crippen LogP) is 1.97. The van der Waals surface area contributed by atoms with Crippen LogP contribution in [0.1, 0.15) is 31.2 Å². The van der Waals surface area contributed by atoms with E-state index >= 15 is 0 Å². The van der Waals surface area contributed by atoms with Crippen molar-refractivity contribution in [2.45, 2.75) is 26.7 Å². The van der Waals surface area contributed by atoms with Gasteiger partial charge in [-0.1, -0.05) is 13.8 Å². The number of aromatic amines is 1. The summed E-state index contributed by atoms with van der Waals surface area (Å²) in [6, 6.07) is 1.93. The summed E-state index contributed by atoms with van der Waals surface area (Å²) < 4.78 is 0. The number of pyridine rings is 1. The predicted molar refractivity (Wildman–Crippen MR) is 57.1 cm³/mol. The van der Waals surface area contributed by atoms with Gasteiger partial charge in [-0.2, -0.15) is 5.10 Å². The van der Waals surface area contributed by atoms with Crippen LogP contribution >= 0.6 is 0 Å². The zero-order chi connectivity index (χ0) is 10.3. The maximum absolute atomic E-state index is 5.94. The van der Waals surface area contributed by atoms with E-state index in [0.29, 0.717) is 11.6 Å². The molecule has 2 heterocycles. The van der Waals surface area contributed by atoms with Crippen molar-refractivity contribution in [2.24, 2.45) is 0 Å². The van der Waals surface area contributed by atoms with Crippen LogP contribution in [0.3, 0.4) is 0 Å². The van der Waals surface area contributed by atoms with Gasteiger partial charge in [0.2, 0.25) is 0 Å². The number of aromatic nitrogens is 3. The quantitative estimate of drug-likeness (QED) is 0.722. The smallest absolute Gasteiger partial charge is 0.183 e. The van der Waals surface area contributed by atoms with E-state index < -0.39 is 0 Å². The summed E-state index contributed by atoms with van der Waals surface area (Å²) in [6.07, 6.45) is 0. The van der Waals surface area contributed by atoms with Gasteiger partial charge in [-0.25, -0.2) is 4.98 Å². The lowest BCUT2D eigenvalue weighted by molar-refractivity contribution is 0.828. The Balaban J connectivity index is 2.74. The summed E-state index contributed by atoms with van der Waals surface area (Å²) >= 11 is 0. The van der Waals surface area contributed by atoms with Crippen LogP contribution in [0.4, 0.5) is 5.69 Å². The Labute approximate surface area is 82.5 Å². The van der Waals surface area contributed by atoms with Crippen LogP contribution in [0.25, 0.3) is 11.0 Å².